The van der Waals surface area contributed by atoms with E-state index in [2.05, 4.69) is 26.8 Å². The van der Waals surface area contributed by atoms with E-state index in [1.807, 2.05) is 49.7 Å². The van der Waals surface area contributed by atoms with Crippen LogP contribution in [0.15, 0.2) is 47.4 Å². The first-order valence-electron chi connectivity index (χ1n) is 12.0. The standard InChI is InChI=1S/C25H32N6O3S/c1-5-30(6-2)35(33,34)18-12-13-21-20(16-18)28-23(29(21)4)14-15-25(32)26-17-24-27-19-10-8-9-11-22(19)31(24)7-3/h8-13,16H,5-7,14-15,17H2,1-4H3,(H,26,32). The fraction of sp³-hybridized carbons (Fsp3) is 0.400. The lowest BCUT2D eigenvalue weighted by Crippen LogP contribution is -2.30. The highest BCUT2D eigenvalue weighted by molar-refractivity contribution is 7.89. The van der Waals surface area contributed by atoms with Crippen LogP contribution in [0.3, 0.4) is 0 Å². The number of carbonyl (C=O) groups is 1. The van der Waals surface area contributed by atoms with E-state index in [9.17, 15) is 13.2 Å². The van der Waals surface area contributed by atoms with Gasteiger partial charge in [0.05, 0.1) is 33.5 Å². The van der Waals surface area contributed by atoms with Crippen LogP contribution >= 0.6 is 0 Å². The Bertz CT molecular complexity index is 1470. The van der Waals surface area contributed by atoms with E-state index in [0.29, 0.717) is 31.6 Å². The summed E-state index contributed by atoms with van der Waals surface area (Å²) in [5.74, 6) is 1.47. The molecule has 9 nitrogen and oxygen atoms in total. The summed E-state index contributed by atoms with van der Waals surface area (Å²) < 4.78 is 31.2. The van der Waals surface area contributed by atoms with Gasteiger partial charge in [0.2, 0.25) is 15.9 Å². The molecule has 0 radical (unpaired) electrons. The molecule has 10 heteroatoms. The van der Waals surface area contributed by atoms with Gasteiger partial charge in [-0.1, -0.05) is 26.0 Å². The molecule has 0 atom stereocenters. The fourth-order valence-electron chi connectivity index (χ4n) is 4.43. The van der Waals surface area contributed by atoms with Crippen molar-refractivity contribution in [2.75, 3.05) is 13.1 Å². The molecular weight excluding hydrogens is 464 g/mol. The van der Waals surface area contributed by atoms with Gasteiger partial charge in [0.25, 0.3) is 0 Å². The van der Waals surface area contributed by atoms with Gasteiger partial charge in [-0.2, -0.15) is 4.31 Å². The summed E-state index contributed by atoms with van der Waals surface area (Å²) in [6, 6.07) is 12.9. The first-order chi connectivity index (χ1) is 16.8. The zero-order valence-electron chi connectivity index (χ0n) is 20.7. The lowest BCUT2D eigenvalue weighted by atomic mass is 10.3. The predicted molar refractivity (Wildman–Crippen MR) is 136 cm³/mol. The predicted octanol–water partition coefficient (Wildman–Crippen LogP) is 3.22. The Hall–Kier alpha value is -3.24. The summed E-state index contributed by atoms with van der Waals surface area (Å²) in [6.45, 7) is 7.66. The number of carbonyl (C=O) groups excluding carboxylic acids is 1. The van der Waals surface area contributed by atoms with Crippen LogP contribution < -0.4 is 5.32 Å². The van der Waals surface area contributed by atoms with Gasteiger partial charge in [0.1, 0.15) is 11.6 Å². The molecule has 4 rings (SSSR count). The second-order valence-electron chi connectivity index (χ2n) is 8.36. The van der Waals surface area contributed by atoms with Crippen molar-refractivity contribution < 1.29 is 13.2 Å². The molecule has 2 heterocycles. The summed E-state index contributed by atoms with van der Waals surface area (Å²) in [5.41, 5.74) is 3.41. The summed E-state index contributed by atoms with van der Waals surface area (Å²) in [4.78, 5) is 22.1. The molecular formula is C25H32N6O3S. The molecule has 0 saturated carbocycles. The van der Waals surface area contributed by atoms with Gasteiger partial charge >= 0.3 is 0 Å². The van der Waals surface area contributed by atoms with E-state index in [1.54, 1.807) is 18.2 Å². The number of amides is 1. The van der Waals surface area contributed by atoms with Crippen LogP contribution in [0.4, 0.5) is 0 Å². The second-order valence-corrected chi connectivity index (χ2v) is 10.3. The molecule has 0 unspecified atom stereocenters. The van der Waals surface area contributed by atoms with Crippen LogP contribution in [-0.2, 0) is 41.4 Å². The minimum absolute atomic E-state index is 0.0865. The number of benzene rings is 2. The third-order valence-electron chi connectivity index (χ3n) is 6.36. The van der Waals surface area contributed by atoms with Crippen molar-refractivity contribution in [1.29, 1.82) is 0 Å². The number of aromatic nitrogens is 4. The SMILES string of the molecule is CCN(CC)S(=O)(=O)c1ccc2c(c1)nc(CCC(=O)NCc1nc3ccccc3n1CC)n2C. The van der Waals surface area contributed by atoms with Crippen LogP contribution in [0.25, 0.3) is 22.1 Å². The number of para-hydroxylation sites is 2. The molecule has 1 amide bonds. The number of fused-ring (bicyclic) bond motifs is 2. The van der Waals surface area contributed by atoms with Crippen molar-refractivity contribution in [2.45, 2.75) is 51.6 Å². The molecule has 0 fully saturated rings. The zero-order chi connectivity index (χ0) is 25.2. The van der Waals surface area contributed by atoms with Gasteiger partial charge in [0, 0.05) is 39.5 Å². The topological polar surface area (TPSA) is 102 Å². The molecule has 186 valence electrons. The molecule has 0 aliphatic carbocycles. The van der Waals surface area contributed by atoms with Crippen molar-refractivity contribution in [1.82, 2.24) is 28.7 Å². The average molecular weight is 497 g/mol. The minimum Gasteiger partial charge on any atom is -0.349 e. The van der Waals surface area contributed by atoms with Crippen molar-refractivity contribution >= 4 is 38.0 Å². The average Bonchev–Trinajstić information content (AvgIpc) is 3.38. The highest BCUT2D eigenvalue weighted by Gasteiger charge is 2.23. The summed E-state index contributed by atoms with van der Waals surface area (Å²) in [5, 5.41) is 2.97. The van der Waals surface area contributed by atoms with Gasteiger partial charge in [-0.3, -0.25) is 4.79 Å². The van der Waals surface area contributed by atoms with Crippen LogP contribution in [0.1, 0.15) is 38.8 Å². The molecule has 0 aliphatic rings. The fourth-order valence-corrected chi connectivity index (χ4v) is 5.91. The molecule has 1 N–H and O–H groups in total. The molecule has 2 aromatic carbocycles. The lowest BCUT2D eigenvalue weighted by Gasteiger charge is -2.18. The number of nitrogens with zero attached hydrogens (tertiary/aromatic N) is 5. The first kappa shape index (κ1) is 24.9. The summed E-state index contributed by atoms with van der Waals surface area (Å²) in [7, 11) is -1.68. The van der Waals surface area contributed by atoms with Crippen LogP contribution in [0, 0.1) is 0 Å². The van der Waals surface area contributed by atoms with Gasteiger partial charge in [-0.25, -0.2) is 18.4 Å². The molecule has 2 aromatic heterocycles. The monoisotopic (exact) mass is 496 g/mol. The second kappa shape index (κ2) is 10.2. The first-order valence-corrected chi connectivity index (χ1v) is 13.4. The zero-order valence-corrected chi connectivity index (χ0v) is 21.5. The minimum atomic E-state index is -3.56. The molecule has 4 aromatic rings. The Morgan fingerprint density at radius 2 is 1.69 bits per heavy atom. The highest BCUT2D eigenvalue weighted by atomic mass is 32.2. The summed E-state index contributed by atoms with van der Waals surface area (Å²) in [6.07, 6.45) is 0.716. The number of hydrogen-bond donors (Lipinski definition) is 1. The maximum absolute atomic E-state index is 12.9. The molecule has 0 saturated heterocycles. The Morgan fingerprint density at radius 3 is 2.40 bits per heavy atom. The summed E-state index contributed by atoms with van der Waals surface area (Å²) >= 11 is 0. The maximum Gasteiger partial charge on any atom is 0.243 e. The smallest absolute Gasteiger partial charge is 0.243 e. The molecule has 0 bridgehead atoms. The van der Waals surface area contributed by atoms with Gasteiger partial charge in [0.15, 0.2) is 0 Å². The van der Waals surface area contributed by atoms with Gasteiger partial charge in [-0.05, 0) is 37.3 Å². The van der Waals surface area contributed by atoms with Crippen LogP contribution in [0.5, 0.6) is 0 Å². The molecule has 0 aliphatic heterocycles. The number of hydrogen-bond acceptors (Lipinski definition) is 5. The third kappa shape index (κ3) is 4.81. The van der Waals surface area contributed by atoms with E-state index < -0.39 is 10.0 Å². The highest BCUT2D eigenvalue weighted by Crippen LogP contribution is 2.23. The van der Waals surface area contributed by atoms with Gasteiger partial charge in [-0.15, -0.1) is 0 Å². The Kier molecular flexibility index (Phi) is 7.23. The van der Waals surface area contributed by atoms with Crippen molar-refractivity contribution in [3.05, 3.63) is 54.1 Å². The van der Waals surface area contributed by atoms with E-state index in [4.69, 9.17) is 0 Å². The van der Waals surface area contributed by atoms with Crippen molar-refractivity contribution in [3.8, 4) is 0 Å². The van der Waals surface area contributed by atoms with E-state index in [-0.39, 0.29) is 17.2 Å². The van der Waals surface area contributed by atoms with Crippen LogP contribution in [-0.4, -0.2) is 50.8 Å². The third-order valence-corrected chi connectivity index (χ3v) is 8.40. The molecule has 0 spiro atoms. The van der Waals surface area contributed by atoms with Crippen LogP contribution in [0.2, 0.25) is 0 Å². The number of nitrogens with one attached hydrogen (secondary N) is 1. The lowest BCUT2D eigenvalue weighted by molar-refractivity contribution is -0.121. The number of sulfonamides is 1. The van der Waals surface area contributed by atoms with E-state index in [0.717, 1.165) is 34.7 Å². The maximum atomic E-state index is 12.9. The Morgan fingerprint density at radius 1 is 0.971 bits per heavy atom. The van der Waals surface area contributed by atoms with E-state index in [1.165, 1.54) is 4.31 Å². The Labute approximate surface area is 205 Å². The van der Waals surface area contributed by atoms with Crippen molar-refractivity contribution in [3.63, 3.8) is 0 Å². The van der Waals surface area contributed by atoms with E-state index >= 15 is 0 Å². The normalized spacial score (nSPS) is 12.1. The number of rotatable bonds is 10. The number of imidazole rings is 2. The largest absolute Gasteiger partial charge is 0.349 e. The Balaban J connectivity index is 1.44. The quantitative estimate of drug-likeness (QED) is 0.363. The van der Waals surface area contributed by atoms with Crippen molar-refractivity contribution in [2.24, 2.45) is 7.05 Å². The van der Waals surface area contributed by atoms with Gasteiger partial charge < -0.3 is 14.5 Å². The number of aryl methyl sites for hydroxylation is 3. The molecule has 35 heavy (non-hydrogen) atoms.